The van der Waals surface area contributed by atoms with Crippen molar-refractivity contribution in [2.24, 2.45) is 0 Å². The van der Waals surface area contributed by atoms with E-state index in [2.05, 4.69) is 4.98 Å². The Morgan fingerprint density at radius 3 is 2.42 bits per heavy atom. The Labute approximate surface area is 193 Å². The normalized spacial score (nSPS) is 11.3. The van der Waals surface area contributed by atoms with Gasteiger partial charge in [0.25, 0.3) is 5.56 Å². The van der Waals surface area contributed by atoms with Crippen molar-refractivity contribution in [1.82, 2.24) is 9.55 Å². The van der Waals surface area contributed by atoms with Gasteiger partial charge in [0.05, 0.1) is 24.2 Å². The third kappa shape index (κ3) is 5.59. The number of esters is 1. The van der Waals surface area contributed by atoms with Crippen molar-refractivity contribution in [2.45, 2.75) is 65.7 Å². The summed E-state index contributed by atoms with van der Waals surface area (Å²) in [5, 5.41) is 1.74. The summed E-state index contributed by atoms with van der Waals surface area (Å²) in [6.45, 7) is 7.89. The van der Waals surface area contributed by atoms with Gasteiger partial charge in [-0.15, -0.1) is 0 Å². The third-order valence-corrected chi connectivity index (χ3v) is 5.55. The molecule has 176 valence electrons. The summed E-state index contributed by atoms with van der Waals surface area (Å²) in [7, 11) is 0. The van der Waals surface area contributed by atoms with Gasteiger partial charge in [0.15, 0.2) is 0 Å². The zero-order valence-electron chi connectivity index (χ0n) is 19.8. The van der Waals surface area contributed by atoms with Crippen LogP contribution in [0, 0.1) is 0 Å². The van der Waals surface area contributed by atoms with Crippen molar-refractivity contribution in [3.8, 4) is 5.75 Å². The van der Waals surface area contributed by atoms with Crippen molar-refractivity contribution >= 4 is 33.7 Å². The first kappa shape index (κ1) is 24.4. The minimum atomic E-state index is -0.382. The highest BCUT2D eigenvalue weighted by Crippen LogP contribution is 2.33. The molecule has 2 aromatic carbocycles. The van der Waals surface area contributed by atoms with Crippen molar-refractivity contribution in [1.29, 1.82) is 0 Å². The summed E-state index contributed by atoms with van der Waals surface area (Å²) in [5.41, 5.74) is 1.07. The standard InChI is InChI=1S/C26H32N2O5/c1-5-32-23(30)14-8-6-7-11-15-33-22-16-21-25(20-13-10-9-12-19(20)22)27-24(17(2)3)26(31)28(21)18(4)29/h9-10,12-13,16-17H,5-8,11,14-15H2,1-4H3. The van der Waals surface area contributed by atoms with Gasteiger partial charge in [-0.25, -0.2) is 9.55 Å². The fraction of sp³-hybridized carbons (Fsp3) is 0.462. The number of fused-ring (bicyclic) bond motifs is 3. The van der Waals surface area contributed by atoms with Crippen LogP contribution >= 0.6 is 0 Å². The third-order valence-electron chi connectivity index (χ3n) is 5.55. The number of aromatic nitrogens is 2. The maximum Gasteiger partial charge on any atom is 0.305 e. The van der Waals surface area contributed by atoms with Crippen LogP contribution in [-0.4, -0.2) is 34.6 Å². The highest BCUT2D eigenvalue weighted by molar-refractivity contribution is 6.08. The minimum absolute atomic E-state index is 0.106. The van der Waals surface area contributed by atoms with E-state index in [-0.39, 0.29) is 23.4 Å². The second-order valence-corrected chi connectivity index (χ2v) is 8.42. The Hall–Kier alpha value is -3.22. The van der Waals surface area contributed by atoms with Crippen LogP contribution in [0.15, 0.2) is 35.1 Å². The molecular formula is C26H32N2O5. The van der Waals surface area contributed by atoms with Gasteiger partial charge in [0.1, 0.15) is 11.4 Å². The number of ether oxygens (including phenoxy) is 2. The largest absolute Gasteiger partial charge is 0.493 e. The smallest absolute Gasteiger partial charge is 0.305 e. The van der Waals surface area contributed by atoms with Crippen LogP contribution in [0.2, 0.25) is 0 Å². The lowest BCUT2D eigenvalue weighted by atomic mass is 10.1. The molecule has 0 aliphatic rings. The summed E-state index contributed by atoms with van der Waals surface area (Å²) in [6, 6.07) is 9.49. The van der Waals surface area contributed by atoms with Crippen molar-refractivity contribution in [3.63, 3.8) is 0 Å². The number of hydrogen-bond donors (Lipinski definition) is 0. The Morgan fingerprint density at radius 2 is 1.76 bits per heavy atom. The number of nitrogens with zero attached hydrogens (tertiary/aromatic N) is 2. The number of unbranched alkanes of at least 4 members (excludes halogenated alkanes) is 3. The van der Waals surface area contributed by atoms with Gasteiger partial charge in [-0.2, -0.15) is 0 Å². The number of carbonyl (C=O) groups is 2. The lowest BCUT2D eigenvalue weighted by Crippen LogP contribution is -2.30. The summed E-state index contributed by atoms with van der Waals surface area (Å²) in [4.78, 5) is 41.5. The highest BCUT2D eigenvalue weighted by Gasteiger charge is 2.19. The van der Waals surface area contributed by atoms with E-state index >= 15 is 0 Å². The summed E-state index contributed by atoms with van der Waals surface area (Å²) < 4.78 is 12.2. The van der Waals surface area contributed by atoms with Crippen molar-refractivity contribution < 1.29 is 19.1 Å². The molecule has 0 aliphatic carbocycles. The number of rotatable bonds is 10. The average molecular weight is 453 g/mol. The predicted molar refractivity (Wildman–Crippen MR) is 129 cm³/mol. The average Bonchev–Trinajstić information content (AvgIpc) is 2.77. The second kappa shape index (κ2) is 11.1. The highest BCUT2D eigenvalue weighted by atomic mass is 16.5. The van der Waals surface area contributed by atoms with E-state index in [4.69, 9.17) is 9.47 Å². The topological polar surface area (TPSA) is 87.5 Å². The van der Waals surface area contributed by atoms with Crippen LogP contribution in [0.1, 0.15) is 76.2 Å². The van der Waals surface area contributed by atoms with E-state index in [0.29, 0.717) is 42.1 Å². The molecule has 0 N–H and O–H groups in total. The van der Waals surface area contributed by atoms with E-state index in [1.165, 1.54) is 11.5 Å². The SMILES string of the molecule is CCOC(=O)CCCCCCOc1cc2c(nc(C(C)C)c(=O)n2C(C)=O)c2ccccc12. The molecule has 1 heterocycles. The molecule has 1 aromatic heterocycles. The number of benzene rings is 2. The maximum atomic E-state index is 13.0. The predicted octanol–water partition coefficient (Wildman–Crippen LogP) is 5.23. The zero-order chi connectivity index (χ0) is 24.0. The fourth-order valence-electron chi connectivity index (χ4n) is 3.94. The molecule has 0 aliphatic heterocycles. The van der Waals surface area contributed by atoms with E-state index < -0.39 is 0 Å². The first-order valence-electron chi connectivity index (χ1n) is 11.6. The lowest BCUT2D eigenvalue weighted by Gasteiger charge is -2.16. The number of carbonyl (C=O) groups excluding carboxylic acids is 2. The molecule has 0 unspecified atom stereocenters. The summed E-state index contributed by atoms with van der Waals surface area (Å²) >= 11 is 0. The molecule has 0 atom stereocenters. The molecule has 33 heavy (non-hydrogen) atoms. The van der Waals surface area contributed by atoms with E-state index in [1.807, 2.05) is 38.1 Å². The van der Waals surface area contributed by atoms with Crippen molar-refractivity contribution in [2.75, 3.05) is 13.2 Å². The second-order valence-electron chi connectivity index (χ2n) is 8.42. The molecule has 7 nitrogen and oxygen atoms in total. The Morgan fingerprint density at radius 1 is 1.06 bits per heavy atom. The molecule has 0 spiro atoms. The molecular weight excluding hydrogens is 420 g/mol. The van der Waals surface area contributed by atoms with Crippen LogP contribution in [0.4, 0.5) is 0 Å². The fourth-order valence-corrected chi connectivity index (χ4v) is 3.94. The summed E-state index contributed by atoms with van der Waals surface area (Å²) in [5.74, 6) is 0.0170. The van der Waals surface area contributed by atoms with Gasteiger partial charge in [-0.3, -0.25) is 14.4 Å². The molecule has 0 saturated heterocycles. The van der Waals surface area contributed by atoms with Crippen molar-refractivity contribution in [3.05, 3.63) is 46.4 Å². The molecule has 3 rings (SSSR count). The minimum Gasteiger partial charge on any atom is -0.493 e. The van der Waals surface area contributed by atoms with Gasteiger partial charge in [0, 0.05) is 36.1 Å². The molecule has 0 fully saturated rings. The zero-order valence-corrected chi connectivity index (χ0v) is 19.8. The van der Waals surface area contributed by atoms with Gasteiger partial charge in [-0.1, -0.05) is 51.0 Å². The van der Waals surface area contributed by atoms with Crippen LogP contribution in [-0.2, 0) is 9.53 Å². The molecule has 0 saturated carbocycles. The van der Waals surface area contributed by atoms with Gasteiger partial charge < -0.3 is 9.47 Å². The first-order valence-corrected chi connectivity index (χ1v) is 11.6. The quantitative estimate of drug-likeness (QED) is 0.238. The van der Waals surface area contributed by atoms with Gasteiger partial charge >= 0.3 is 5.97 Å². The lowest BCUT2D eigenvalue weighted by molar-refractivity contribution is -0.143. The van der Waals surface area contributed by atoms with E-state index in [9.17, 15) is 14.4 Å². The Balaban J connectivity index is 1.85. The van der Waals surface area contributed by atoms with Crippen LogP contribution < -0.4 is 10.3 Å². The monoisotopic (exact) mass is 452 g/mol. The van der Waals surface area contributed by atoms with Gasteiger partial charge in [0.2, 0.25) is 5.91 Å². The van der Waals surface area contributed by atoms with Gasteiger partial charge in [-0.05, 0) is 19.8 Å². The molecule has 0 amide bonds. The maximum absolute atomic E-state index is 13.0. The van der Waals surface area contributed by atoms with E-state index in [1.54, 1.807) is 13.0 Å². The Kier molecular flexibility index (Phi) is 8.20. The van der Waals surface area contributed by atoms with E-state index in [0.717, 1.165) is 36.5 Å². The molecule has 7 heteroatoms. The molecule has 0 radical (unpaired) electrons. The Bertz CT molecular complexity index is 1210. The first-order chi connectivity index (χ1) is 15.8. The van der Waals surface area contributed by atoms with Crippen LogP contribution in [0.25, 0.3) is 21.8 Å². The molecule has 3 aromatic rings. The number of hydrogen-bond acceptors (Lipinski definition) is 6. The van der Waals surface area contributed by atoms with Crippen LogP contribution in [0.5, 0.6) is 5.75 Å². The summed E-state index contributed by atoms with van der Waals surface area (Å²) in [6.07, 6.45) is 3.93. The van der Waals surface area contributed by atoms with Crippen LogP contribution in [0.3, 0.4) is 0 Å². The molecule has 0 bridgehead atoms.